The molecule has 1 saturated carbocycles. The molecule has 0 aromatic heterocycles. The van der Waals surface area contributed by atoms with Crippen LogP contribution in [0.1, 0.15) is 33.1 Å². The third-order valence-corrected chi connectivity index (χ3v) is 2.86. The molecule has 0 bridgehead atoms. The van der Waals surface area contributed by atoms with Crippen molar-refractivity contribution in [1.29, 1.82) is 0 Å². The highest BCUT2D eigenvalue weighted by Crippen LogP contribution is 2.38. The van der Waals surface area contributed by atoms with E-state index in [0.29, 0.717) is 6.42 Å². The first-order valence-corrected chi connectivity index (χ1v) is 4.72. The van der Waals surface area contributed by atoms with Crippen molar-refractivity contribution < 1.29 is 14.6 Å². The molecule has 0 amide bonds. The highest BCUT2D eigenvalue weighted by molar-refractivity contribution is 5.73. The second-order valence-corrected chi connectivity index (χ2v) is 4.60. The van der Waals surface area contributed by atoms with Gasteiger partial charge >= 0.3 is 5.97 Å². The Labute approximate surface area is 79.1 Å². The lowest BCUT2D eigenvalue weighted by Gasteiger charge is -2.36. The molecule has 0 aromatic carbocycles. The SMILES string of the molecule is COC(=O)[C@@H]1CCC(C)(C)C[C@@H]1O. The second-order valence-electron chi connectivity index (χ2n) is 4.60. The summed E-state index contributed by atoms with van der Waals surface area (Å²) in [7, 11) is 1.37. The van der Waals surface area contributed by atoms with E-state index in [1.165, 1.54) is 7.11 Å². The molecule has 3 nitrogen and oxygen atoms in total. The Morgan fingerprint density at radius 3 is 2.62 bits per heavy atom. The van der Waals surface area contributed by atoms with Gasteiger partial charge in [0.15, 0.2) is 0 Å². The first-order valence-electron chi connectivity index (χ1n) is 4.72. The van der Waals surface area contributed by atoms with Gasteiger partial charge in [-0.2, -0.15) is 0 Å². The monoisotopic (exact) mass is 186 g/mol. The summed E-state index contributed by atoms with van der Waals surface area (Å²) < 4.78 is 4.63. The molecular formula is C10H18O3. The first kappa shape index (κ1) is 10.5. The predicted octanol–water partition coefficient (Wildman–Crippen LogP) is 1.35. The Morgan fingerprint density at radius 2 is 2.15 bits per heavy atom. The molecule has 0 aliphatic heterocycles. The summed E-state index contributed by atoms with van der Waals surface area (Å²) in [6.07, 6.45) is 1.87. The minimum Gasteiger partial charge on any atom is -0.469 e. The maximum atomic E-state index is 11.2. The van der Waals surface area contributed by atoms with Crippen molar-refractivity contribution in [3.05, 3.63) is 0 Å². The molecule has 1 aliphatic carbocycles. The number of carbonyl (C=O) groups excluding carboxylic acids is 1. The van der Waals surface area contributed by atoms with Crippen LogP contribution in [0.5, 0.6) is 0 Å². The Morgan fingerprint density at radius 1 is 1.54 bits per heavy atom. The lowest BCUT2D eigenvalue weighted by Crippen LogP contribution is -2.38. The van der Waals surface area contributed by atoms with E-state index in [2.05, 4.69) is 18.6 Å². The Hall–Kier alpha value is -0.570. The van der Waals surface area contributed by atoms with Crippen molar-refractivity contribution in [3.63, 3.8) is 0 Å². The molecule has 0 unspecified atom stereocenters. The lowest BCUT2D eigenvalue weighted by molar-refractivity contribution is -0.152. The minimum absolute atomic E-state index is 0.157. The molecular weight excluding hydrogens is 168 g/mol. The molecule has 0 spiro atoms. The van der Waals surface area contributed by atoms with Crippen molar-refractivity contribution in [1.82, 2.24) is 0 Å². The zero-order valence-electron chi connectivity index (χ0n) is 8.54. The number of aliphatic hydroxyl groups excluding tert-OH is 1. The highest BCUT2D eigenvalue weighted by Gasteiger charge is 2.37. The molecule has 0 radical (unpaired) electrons. The van der Waals surface area contributed by atoms with Gasteiger partial charge in [0, 0.05) is 0 Å². The van der Waals surface area contributed by atoms with E-state index in [4.69, 9.17) is 0 Å². The summed E-state index contributed by atoms with van der Waals surface area (Å²) in [6, 6.07) is 0. The summed E-state index contributed by atoms with van der Waals surface area (Å²) >= 11 is 0. The average molecular weight is 186 g/mol. The van der Waals surface area contributed by atoms with E-state index in [9.17, 15) is 9.90 Å². The van der Waals surface area contributed by atoms with Gasteiger partial charge in [0.05, 0.1) is 19.1 Å². The summed E-state index contributed by atoms with van der Waals surface area (Å²) in [6.45, 7) is 4.23. The second kappa shape index (κ2) is 3.66. The molecule has 1 rings (SSSR count). The van der Waals surface area contributed by atoms with Crippen molar-refractivity contribution in [2.45, 2.75) is 39.2 Å². The summed E-state index contributed by atoms with van der Waals surface area (Å²) in [5.74, 6) is -0.582. The van der Waals surface area contributed by atoms with Crippen LogP contribution >= 0.6 is 0 Å². The maximum Gasteiger partial charge on any atom is 0.311 e. The van der Waals surface area contributed by atoms with Gasteiger partial charge in [0.1, 0.15) is 0 Å². The first-order chi connectivity index (χ1) is 5.96. The number of aliphatic hydroxyl groups is 1. The number of methoxy groups -OCH3 is 1. The van der Waals surface area contributed by atoms with Crippen molar-refractivity contribution in [3.8, 4) is 0 Å². The number of ether oxygens (including phenoxy) is 1. The highest BCUT2D eigenvalue weighted by atomic mass is 16.5. The van der Waals surface area contributed by atoms with E-state index in [-0.39, 0.29) is 17.3 Å². The summed E-state index contributed by atoms with van der Waals surface area (Å²) in [4.78, 5) is 11.2. The Balaban J connectivity index is 2.58. The minimum atomic E-state index is -0.531. The maximum absolute atomic E-state index is 11.2. The fourth-order valence-electron chi connectivity index (χ4n) is 1.98. The molecule has 3 heteroatoms. The third-order valence-electron chi connectivity index (χ3n) is 2.86. The van der Waals surface area contributed by atoms with Gasteiger partial charge < -0.3 is 9.84 Å². The van der Waals surface area contributed by atoms with Gasteiger partial charge in [-0.3, -0.25) is 4.79 Å². The van der Waals surface area contributed by atoms with Gasteiger partial charge in [-0.1, -0.05) is 13.8 Å². The molecule has 0 heterocycles. The topological polar surface area (TPSA) is 46.5 Å². The molecule has 13 heavy (non-hydrogen) atoms. The van der Waals surface area contributed by atoms with E-state index in [1.807, 2.05) is 0 Å². The van der Waals surface area contributed by atoms with Crippen LogP contribution in [0.25, 0.3) is 0 Å². The molecule has 1 fully saturated rings. The van der Waals surface area contributed by atoms with E-state index in [0.717, 1.165) is 12.8 Å². The number of carbonyl (C=O) groups is 1. The standard InChI is InChI=1S/C10H18O3/c1-10(2)5-4-7(8(11)6-10)9(12)13-3/h7-8,11H,4-6H2,1-3H3/t7-,8+/m1/s1. The number of hydrogen-bond acceptors (Lipinski definition) is 3. The van der Waals surface area contributed by atoms with Crippen molar-refractivity contribution >= 4 is 5.97 Å². The Kier molecular flexibility index (Phi) is 2.96. The fourth-order valence-corrected chi connectivity index (χ4v) is 1.98. The van der Waals surface area contributed by atoms with Crippen LogP contribution in [0, 0.1) is 11.3 Å². The van der Waals surface area contributed by atoms with Gasteiger partial charge in [-0.25, -0.2) is 0 Å². The quantitative estimate of drug-likeness (QED) is 0.629. The van der Waals surface area contributed by atoms with Gasteiger partial charge in [-0.05, 0) is 24.7 Å². The number of esters is 1. The van der Waals surface area contributed by atoms with Crippen molar-refractivity contribution in [2.75, 3.05) is 7.11 Å². The summed E-state index contributed by atoms with van der Waals surface area (Å²) in [5, 5.41) is 9.71. The van der Waals surface area contributed by atoms with E-state index < -0.39 is 6.10 Å². The third kappa shape index (κ3) is 2.44. The summed E-state index contributed by atoms with van der Waals surface area (Å²) in [5.41, 5.74) is 0.157. The largest absolute Gasteiger partial charge is 0.469 e. The van der Waals surface area contributed by atoms with Crippen LogP contribution in [0.15, 0.2) is 0 Å². The average Bonchev–Trinajstić information content (AvgIpc) is 2.01. The molecule has 2 atom stereocenters. The number of hydrogen-bond donors (Lipinski definition) is 1. The predicted molar refractivity (Wildman–Crippen MR) is 49.1 cm³/mol. The molecule has 1 N–H and O–H groups in total. The fraction of sp³-hybridized carbons (Fsp3) is 0.900. The normalized spacial score (nSPS) is 32.6. The zero-order chi connectivity index (χ0) is 10.1. The van der Waals surface area contributed by atoms with Crippen LogP contribution in [-0.2, 0) is 9.53 Å². The van der Waals surface area contributed by atoms with Crippen LogP contribution in [-0.4, -0.2) is 24.3 Å². The number of rotatable bonds is 1. The molecule has 0 aromatic rings. The van der Waals surface area contributed by atoms with Gasteiger partial charge in [-0.15, -0.1) is 0 Å². The van der Waals surface area contributed by atoms with E-state index >= 15 is 0 Å². The van der Waals surface area contributed by atoms with Crippen molar-refractivity contribution in [2.24, 2.45) is 11.3 Å². The van der Waals surface area contributed by atoms with Gasteiger partial charge in [0.2, 0.25) is 0 Å². The van der Waals surface area contributed by atoms with Gasteiger partial charge in [0.25, 0.3) is 0 Å². The smallest absolute Gasteiger partial charge is 0.311 e. The molecule has 0 saturated heterocycles. The van der Waals surface area contributed by atoms with E-state index in [1.54, 1.807) is 0 Å². The zero-order valence-corrected chi connectivity index (χ0v) is 8.54. The molecule has 1 aliphatic rings. The van der Waals surface area contributed by atoms with Crippen LogP contribution < -0.4 is 0 Å². The van der Waals surface area contributed by atoms with Crippen LogP contribution in [0.3, 0.4) is 0 Å². The molecule has 76 valence electrons. The lowest BCUT2D eigenvalue weighted by atomic mass is 9.71. The van der Waals surface area contributed by atoms with Crippen LogP contribution in [0.4, 0.5) is 0 Å². The van der Waals surface area contributed by atoms with Crippen LogP contribution in [0.2, 0.25) is 0 Å². The Bertz CT molecular complexity index is 198.